The molecule has 0 spiro atoms. The SMILES string of the molecule is O=C(Cc1cccc2ccccc12)NC(CCS)C(=O)N[C@H](Cc1ccccc1)C(=O)O. The summed E-state index contributed by atoms with van der Waals surface area (Å²) in [6.07, 6.45) is 0.553. The first-order valence-electron chi connectivity index (χ1n) is 10.4. The van der Waals surface area contributed by atoms with Crippen molar-refractivity contribution in [3.8, 4) is 0 Å². The number of rotatable bonds is 10. The highest BCUT2D eigenvalue weighted by Crippen LogP contribution is 2.19. The van der Waals surface area contributed by atoms with E-state index in [9.17, 15) is 19.5 Å². The molecule has 0 heterocycles. The molecule has 0 saturated carbocycles. The number of carboxylic acids is 1. The zero-order valence-corrected chi connectivity index (χ0v) is 18.4. The molecule has 0 saturated heterocycles. The van der Waals surface area contributed by atoms with Crippen LogP contribution in [0.2, 0.25) is 0 Å². The van der Waals surface area contributed by atoms with Crippen molar-refractivity contribution in [2.24, 2.45) is 0 Å². The third-order valence-electron chi connectivity index (χ3n) is 5.20. The van der Waals surface area contributed by atoms with Crippen molar-refractivity contribution < 1.29 is 19.5 Å². The fraction of sp³-hybridized carbons (Fsp3) is 0.240. The second kappa shape index (κ2) is 11.3. The van der Waals surface area contributed by atoms with Crippen LogP contribution in [-0.2, 0) is 27.2 Å². The van der Waals surface area contributed by atoms with Crippen molar-refractivity contribution >= 4 is 41.2 Å². The van der Waals surface area contributed by atoms with Crippen LogP contribution in [0.3, 0.4) is 0 Å². The summed E-state index contributed by atoms with van der Waals surface area (Å²) in [6, 6.07) is 20.7. The molecule has 0 aliphatic carbocycles. The Bertz CT molecular complexity index is 1080. The molecule has 2 amide bonds. The summed E-state index contributed by atoms with van der Waals surface area (Å²) in [4.78, 5) is 37.2. The van der Waals surface area contributed by atoms with Crippen molar-refractivity contribution in [3.63, 3.8) is 0 Å². The van der Waals surface area contributed by atoms with E-state index in [2.05, 4.69) is 23.3 Å². The topological polar surface area (TPSA) is 95.5 Å². The van der Waals surface area contributed by atoms with Gasteiger partial charge in [-0.05, 0) is 34.1 Å². The van der Waals surface area contributed by atoms with Gasteiger partial charge in [0, 0.05) is 6.42 Å². The zero-order chi connectivity index (χ0) is 22.9. The second-order valence-electron chi connectivity index (χ2n) is 7.54. The lowest BCUT2D eigenvalue weighted by Crippen LogP contribution is -2.52. The van der Waals surface area contributed by atoms with Crippen LogP contribution in [0, 0.1) is 0 Å². The van der Waals surface area contributed by atoms with Gasteiger partial charge in [0.25, 0.3) is 0 Å². The lowest BCUT2D eigenvalue weighted by molar-refractivity contribution is -0.142. The molecule has 3 N–H and O–H groups in total. The van der Waals surface area contributed by atoms with E-state index in [-0.39, 0.29) is 25.2 Å². The molecule has 3 aromatic carbocycles. The van der Waals surface area contributed by atoms with Gasteiger partial charge in [-0.2, -0.15) is 12.6 Å². The maximum absolute atomic E-state index is 12.8. The first kappa shape index (κ1) is 23.3. The van der Waals surface area contributed by atoms with Gasteiger partial charge in [0.05, 0.1) is 6.42 Å². The average Bonchev–Trinajstić information content (AvgIpc) is 2.79. The number of carbonyl (C=O) groups is 3. The van der Waals surface area contributed by atoms with Crippen molar-refractivity contribution in [3.05, 3.63) is 83.9 Å². The number of amides is 2. The molecule has 0 radical (unpaired) electrons. The monoisotopic (exact) mass is 450 g/mol. The number of carboxylic acid groups (broad SMARTS) is 1. The van der Waals surface area contributed by atoms with E-state index in [1.54, 1.807) is 12.1 Å². The summed E-state index contributed by atoms with van der Waals surface area (Å²) in [5, 5.41) is 16.9. The standard InChI is InChI=1S/C25H26N2O4S/c28-23(16-19-11-6-10-18-9-4-5-12-20(18)19)26-21(13-14-32)24(29)27-22(25(30)31)15-17-7-2-1-3-8-17/h1-12,21-22,32H,13-16H2,(H,26,28)(H,27,29)(H,30,31)/t21?,22-/m1/s1. The zero-order valence-electron chi connectivity index (χ0n) is 17.5. The largest absolute Gasteiger partial charge is 0.480 e. The molecule has 3 rings (SSSR count). The minimum Gasteiger partial charge on any atom is -0.480 e. The van der Waals surface area contributed by atoms with Gasteiger partial charge in [-0.15, -0.1) is 0 Å². The molecule has 3 aromatic rings. The molecule has 0 aliphatic rings. The number of aliphatic carboxylic acids is 1. The number of fused-ring (bicyclic) bond motifs is 1. The van der Waals surface area contributed by atoms with Crippen LogP contribution < -0.4 is 10.6 Å². The number of benzene rings is 3. The highest BCUT2D eigenvalue weighted by Gasteiger charge is 2.26. The van der Waals surface area contributed by atoms with Gasteiger partial charge >= 0.3 is 5.97 Å². The van der Waals surface area contributed by atoms with Gasteiger partial charge in [0.1, 0.15) is 12.1 Å². The van der Waals surface area contributed by atoms with Crippen LogP contribution in [0.15, 0.2) is 72.8 Å². The van der Waals surface area contributed by atoms with Crippen molar-refractivity contribution in [1.82, 2.24) is 10.6 Å². The molecule has 0 aromatic heterocycles. The smallest absolute Gasteiger partial charge is 0.326 e. The van der Waals surface area contributed by atoms with Crippen LogP contribution in [0.1, 0.15) is 17.5 Å². The Morgan fingerprint density at radius 2 is 1.53 bits per heavy atom. The highest BCUT2D eigenvalue weighted by molar-refractivity contribution is 7.80. The summed E-state index contributed by atoms with van der Waals surface area (Å²) in [5.74, 6) is -1.61. The summed E-state index contributed by atoms with van der Waals surface area (Å²) >= 11 is 4.19. The van der Waals surface area contributed by atoms with Gasteiger partial charge in [-0.1, -0.05) is 72.8 Å². The molecular formula is C25H26N2O4S. The summed E-state index contributed by atoms with van der Waals surface area (Å²) in [6.45, 7) is 0. The second-order valence-corrected chi connectivity index (χ2v) is 7.98. The minimum atomic E-state index is -1.13. The number of nitrogens with one attached hydrogen (secondary N) is 2. The first-order valence-corrected chi connectivity index (χ1v) is 11.0. The summed E-state index contributed by atoms with van der Waals surface area (Å²) in [5.41, 5.74) is 1.66. The van der Waals surface area contributed by atoms with Crippen molar-refractivity contribution in [2.45, 2.75) is 31.3 Å². The van der Waals surface area contributed by atoms with Gasteiger partial charge in [-0.3, -0.25) is 9.59 Å². The van der Waals surface area contributed by atoms with Crippen LogP contribution >= 0.6 is 12.6 Å². The Hall–Kier alpha value is -3.32. The Morgan fingerprint density at radius 3 is 2.25 bits per heavy atom. The molecule has 0 fully saturated rings. The fourth-order valence-corrected chi connectivity index (χ4v) is 3.84. The van der Waals surface area contributed by atoms with Crippen LogP contribution in [-0.4, -0.2) is 40.7 Å². The molecule has 0 aliphatic heterocycles. The predicted molar refractivity (Wildman–Crippen MR) is 128 cm³/mol. The average molecular weight is 451 g/mol. The van der Waals surface area contributed by atoms with E-state index in [0.717, 1.165) is 21.9 Å². The quantitative estimate of drug-likeness (QED) is 0.357. The first-order chi connectivity index (χ1) is 15.5. The Balaban J connectivity index is 1.67. The molecule has 32 heavy (non-hydrogen) atoms. The van der Waals surface area contributed by atoms with E-state index < -0.39 is 24.0 Å². The number of hydrogen-bond acceptors (Lipinski definition) is 4. The molecule has 1 unspecified atom stereocenters. The third kappa shape index (κ3) is 6.34. The number of carbonyl (C=O) groups excluding carboxylic acids is 2. The lowest BCUT2D eigenvalue weighted by Gasteiger charge is -2.21. The molecular weight excluding hydrogens is 424 g/mol. The predicted octanol–water partition coefficient (Wildman–Crippen LogP) is 3.00. The van der Waals surface area contributed by atoms with Crippen LogP contribution in [0.25, 0.3) is 10.8 Å². The fourth-order valence-electron chi connectivity index (χ4n) is 3.59. The van der Waals surface area contributed by atoms with Gasteiger partial charge in [-0.25, -0.2) is 4.79 Å². The Morgan fingerprint density at radius 1 is 0.844 bits per heavy atom. The lowest BCUT2D eigenvalue weighted by atomic mass is 10.0. The van der Waals surface area contributed by atoms with Gasteiger partial charge < -0.3 is 15.7 Å². The molecule has 7 heteroatoms. The van der Waals surface area contributed by atoms with E-state index in [1.807, 2.05) is 60.7 Å². The van der Waals surface area contributed by atoms with E-state index >= 15 is 0 Å². The van der Waals surface area contributed by atoms with Crippen LogP contribution in [0.4, 0.5) is 0 Å². The maximum atomic E-state index is 12.8. The highest BCUT2D eigenvalue weighted by atomic mass is 32.1. The molecule has 0 bridgehead atoms. The Labute approximate surface area is 192 Å². The minimum absolute atomic E-state index is 0.115. The van der Waals surface area contributed by atoms with Crippen molar-refractivity contribution in [1.29, 1.82) is 0 Å². The normalized spacial score (nSPS) is 12.7. The number of hydrogen-bond donors (Lipinski definition) is 4. The van der Waals surface area contributed by atoms with Gasteiger partial charge in [0.15, 0.2) is 0 Å². The molecule has 2 atom stereocenters. The maximum Gasteiger partial charge on any atom is 0.326 e. The summed E-state index contributed by atoms with van der Waals surface area (Å²) < 4.78 is 0. The van der Waals surface area contributed by atoms with Crippen molar-refractivity contribution in [2.75, 3.05) is 5.75 Å². The molecule has 166 valence electrons. The Kier molecular flexibility index (Phi) is 8.27. The molecule has 6 nitrogen and oxygen atoms in total. The third-order valence-corrected chi connectivity index (χ3v) is 5.46. The van der Waals surface area contributed by atoms with E-state index in [4.69, 9.17) is 0 Å². The van der Waals surface area contributed by atoms with E-state index in [1.165, 1.54) is 0 Å². The number of thiol groups is 1. The van der Waals surface area contributed by atoms with E-state index in [0.29, 0.717) is 5.75 Å². The van der Waals surface area contributed by atoms with Crippen LogP contribution in [0.5, 0.6) is 0 Å². The summed E-state index contributed by atoms with van der Waals surface area (Å²) in [7, 11) is 0. The van der Waals surface area contributed by atoms with Gasteiger partial charge in [0.2, 0.25) is 11.8 Å².